The number of hydrogen-bond donors (Lipinski definition) is 1. The van der Waals surface area contributed by atoms with Crippen molar-refractivity contribution >= 4 is 5.91 Å². The van der Waals surface area contributed by atoms with Crippen molar-refractivity contribution in [3.8, 4) is 11.5 Å². The standard InChI is InChI=1S/C15H17N3O3/c1-20-12-3-4-14(21-2)11(9-12)5-8-17-15(19)13-6-7-16-10-18-13/h3-4,6-7,9-10H,5,8H2,1-2H3,(H,17,19). The molecule has 1 amide bonds. The SMILES string of the molecule is COc1ccc(OC)c(CCNC(=O)c2ccncn2)c1. The first-order valence-electron chi connectivity index (χ1n) is 6.49. The van der Waals surface area contributed by atoms with Crippen molar-refractivity contribution in [3.05, 3.63) is 48.0 Å². The Morgan fingerprint density at radius 3 is 2.76 bits per heavy atom. The number of nitrogens with one attached hydrogen (secondary N) is 1. The summed E-state index contributed by atoms with van der Waals surface area (Å²) in [6.07, 6.45) is 3.52. The maximum Gasteiger partial charge on any atom is 0.270 e. The Balaban J connectivity index is 1.95. The Kier molecular flexibility index (Phi) is 5.09. The number of ether oxygens (including phenoxy) is 2. The average Bonchev–Trinajstić information content (AvgIpc) is 2.55. The molecular weight excluding hydrogens is 270 g/mol. The highest BCUT2D eigenvalue weighted by molar-refractivity contribution is 5.92. The minimum Gasteiger partial charge on any atom is -0.497 e. The van der Waals surface area contributed by atoms with Crippen LogP contribution in [0.2, 0.25) is 0 Å². The molecule has 1 heterocycles. The first-order chi connectivity index (χ1) is 10.2. The molecule has 0 aliphatic carbocycles. The van der Waals surface area contributed by atoms with Crippen LogP contribution in [-0.2, 0) is 6.42 Å². The minimum absolute atomic E-state index is 0.223. The zero-order chi connectivity index (χ0) is 15.1. The largest absolute Gasteiger partial charge is 0.497 e. The molecule has 21 heavy (non-hydrogen) atoms. The zero-order valence-electron chi connectivity index (χ0n) is 12.0. The lowest BCUT2D eigenvalue weighted by atomic mass is 10.1. The van der Waals surface area contributed by atoms with Crippen LogP contribution in [0, 0.1) is 0 Å². The van der Waals surface area contributed by atoms with Crippen molar-refractivity contribution in [2.75, 3.05) is 20.8 Å². The molecule has 1 N–H and O–H groups in total. The third kappa shape index (κ3) is 3.92. The van der Waals surface area contributed by atoms with Crippen molar-refractivity contribution < 1.29 is 14.3 Å². The first kappa shape index (κ1) is 14.8. The second kappa shape index (κ2) is 7.23. The highest BCUT2D eigenvalue weighted by atomic mass is 16.5. The van der Waals surface area contributed by atoms with E-state index in [0.29, 0.717) is 18.7 Å². The summed E-state index contributed by atoms with van der Waals surface area (Å²) in [5, 5.41) is 2.81. The van der Waals surface area contributed by atoms with Crippen LogP contribution in [0.4, 0.5) is 0 Å². The van der Waals surface area contributed by atoms with Gasteiger partial charge < -0.3 is 14.8 Å². The van der Waals surface area contributed by atoms with Gasteiger partial charge in [-0.15, -0.1) is 0 Å². The van der Waals surface area contributed by atoms with Gasteiger partial charge in [0.05, 0.1) is 14.2 Å². The molecule has 0 bridgehead atoms. The van der Waals surface area contributed by atoms with Crippen molar-refractivity contribution in [1.29, 1.82) is 0 Å². The molecule has 6 heteroatoms. The van der Waals surface area contributed by atoms with Crippen LogP contribution in [-0.4, -0.2) is 36.6 Å². The van der Waals surface area contributed by atoms with Crippen LogP contribution in [0.15, 0.2) is 36.8 Å². The van der Waals surface area contributed by atoms with E-state index in [-0.39, 0.29) is 5.91 Å². The van der Waals surface area contributed by atoms with E-state index < -0.39 is 0 Å². The van der Waals surface area contributed by atoms with Gasteiger partial charge in [-0.05, 0) is 36.2 Å². The average molecular weight is 287 g/mol. The van der Waals surface area contributed by atoms with Gasteiger partial charge in [-0.2, -0.15) is 0 Å². The topological polar surface area (TPSA) is 73.3 Å². The molecule has 0 radical (unpaired) electrons. The first-order valence-corrected chi connectivity index (χ1v) is 6.49. The predicted octanol–water partition coefficient (Wildman–Crippen LogP) is 1.47. The van der Waals surface area contributed by atoms with Crippen LogP contribution < -0.4 is 14.8 Å². The molecule has 0 fully saturated rings. The molecule has 6 nitrogen and oxygen atoms in total. The van der Waals surface area contributed by atoms with E-state index >= 15 is 0 Å². The Hall–Kier alpha value is -2.63. The van der Waals surface area contributed by atoms with Gasteiger partial charge in [-0.3, -0.25) is 4.79 Å². The Labute approximate surface area is 123 Å². The number of hydrogen-bond acceptors (Lipinski definition) is 5. The highest BCUT2D eigenvalue weighted by Crippen LogP contribution is 2.24. The number of amides is 1. The van der Waals surface area contributed by atoms with E-state index in [4.69, 9.17) is 9.47 Å². The quantitative estimate of drug-likeness (QED) is 0.871. The molecule has 2 aromatic rings. The lowest BCUT2D eigenvalue weighted by Crippen LogP contribution is -2.26. The van der Waals surface area contributed by atoms with Gasteiger partial charge in [0.15, 0.2) is 0 Å². The third-order valence-corrected chi connectivity index (χ3v) is 2.98. The lowest BCUT2D eigenvalue weighted by Gasteiger charge is -2.11. The van der Waals surface area contributed by atoms with Gasteiger partial charge in [0.25, 0.3) is 5.91 Å². The summed E-state index contributed by atoms with van der Waals surface area (Å²) >= 11 is 0. The van der Waals surface area contributed by atoms with E-state index in [1.54, 1.807) is 20.3 Å². The highest BCUT2D eigenvalue weighted by Gasteiger charge is 2.08. The summed E-state index contributed by atoms with van der Waals surface area (Å²) in [5.74, 6) is 1.30. The normalized spacial score (nSPS) is 10.0. The van der Waals surface area contributed by atoms with Gasteiger partial charge in [0, 0.05) is 12.7 Å². The smallest absolute Gasteiger partial charge is 0.270 e. The Morgan fingerprint density at radius 2 is 2.10 bits per heavy atom. The number of carbonyl (C=O) groups is 1. The fraction of sp³-hybridized carbons (Fsp3) is 0.267. The fourth-order valence-electron chi connectivity index (χ4n) is 1.90. The molecular formula is C15H17N3O3. The van der Waals surface area contributed by atoms with Gasteiger partial charge in [-0.1, -0.05) is 0 Å². The fourth-order valence-corrected chi connectivity index (χ4v) is 1.90. The molecule has 1 aromatic carbocycles. The van der Waals surface area contributed by atoms with E-state index in [1.807, 2.05) is 18.2 Å². The number of benzene rings is 1. The lowest BCUT2D eigenvalue weighted by molar-refractivity contribution is 0.0949. The maximum atomic E-state index is 11.9. The molecule has 0 aliphatic rings. The summed E-state index contributed by atoms with van der Waals surface area (Å²) in [5.41, 5.74) is 1.32. The molecule has 0 spiro atoms. The number of nitrogens with zero attached hydrogens (tertiary/aromatic N) is 2. The Morgan fingerprint density at radius 1 is 1.24 bits per heavy atom. The predicted molar refractivity (Wildman–Crippen MR) is 77.6 cm³/mol. The van der Waals surface area contributed by atoms with Gasteiger partial charge in [0.2, 0.25) is 0 Å². The molecule has 0 atom stereocenters. The van der Waals surface area contributed by atoms with Crippen molar-refractivity contribution in [1.82, 2.24) is 15.3 Å². The number of aromatic nitrogens is 2. The van der Waals surface area contributed by atoms with E-state index in [1.165, 1.54) is 12.5 Å². The second-order valence-electron chi connectivity index (χ2n) is 4.28. The number of methoxy groups -OCH3 is 2. The van der Waals surface area contributed by atoms with Crippen molar-refractivity contribution in [2.45, 2.75) is 6.42 Å². The Bertz CT molecular complexity index is 602. The van der Waals surface area contributed by atoms with Crippen molar-refractivity contribution in [3.63, 3.8) is 0 Å². The summed E-state index contributed by atoms with van der Waals surface area (Å²) in [6, 6.07) is 7.15. The molecule has 0 saturated heterocycles. The maximum absolute atomic E-state index is 11.9. The van der Waals surface area contributed by atoms with Crippen LogP contribution in [0.5, 0.6) is 11.5 Å². The van der Waals surface area contributed by atoms with Gasteiger partial charge >= 0.3 is 0 Å². The van der Waals surface area contributed by atoms with E-state index in [2.05, 4.69) is 15.3 Å². The van der Waals surface area contributed by atoms with Crippen LogP contribution >= 0.6 is 0 Å². The summed E-state index contributed by atoms with van der Waals surface area (Å²) < 4.78 is 10.5. The molecule has 0 unspecified atom stereocenters. The van der Waals surface area contributed by atoms with E-state index in [9.17, 15) is 4.79 Å². The number of rotatable bonds is 6. The second-order valence-corrected chi connectivity index (χ2v) is 4.28. The van der Waals surface area contributed by atoms with Gasteiger partial charge in [-0.25, -0.2) is 9.97 Å². The number of carbonyl (C=O) groups excluding carboxylic acids is 1. The molecule has 0 aliphatic heterocycles. The van der Waals surface area contributed by atoms with Crippen LogP contribution in [0.25, 0.3) is 0 Å². The van der Waals surface area contributed by atoms with Crippen molar-refractivity contribution in [2.24, 2.45) is 0 Å². The minimum atomic E-state index is -0.223. The van der Waals surface area contributed by atoms with Crippen LogP contribution in [0.3, 0.4) is 0 Å². The molecule has 2 rings (SSSR count). The molecule has 0 saturated carbocycles. The summed E-state index contributed by atoms with van der Waals surface area (Å²) in [7, 11) is 3.23. The summed E-state index contributed by atoms with van der Waals surface area (Å²) in [6.45, 7) is 0.479. The summed E-state index contributed by atoms with van der Waals surface area (Å²) in [4.78, 5) is 19.5. The van der Waals surface area contributed by atoms with Gasteiger partial charge in [0.1, 0.15) is 23.5 Å². The molecule has 110 valence electrons. The van der Waals surface area contributed by atoms with E-state index in [0.717, 1.165) is 17.1 Å². The zero-order valence-corrected chi connectivity index (χ0v) is 12.0. The monoisotopic (exact) mass is 287 g/mol. The molecule has 1 aromatic heterocycles. The van der Waals surface area contributed by atoms with Crippen LogP contribution in [0.1, 0.15) is 16.1 Å². The third-order valence-electron chi connectivity index (χ3n) is 2.98.